The van der Waals surface area contributed by atoms with Crippen LogP contribution in [0, 0.1) is 5.92 Å². The zero-order valence-electron chi connectivity index (χ0n) is 8.89. The van der Waals surface area contributed by atoms with Gasteiger partial charge in [0, 0.05) is 12.6 Å². The molecular weight excluding hydrogens is 150 g/mol. The summed E-state index contributed by atoms with van der Waals surface area (Å²) in [6.45, 7) is 8.19. The second-order valence-electron chi connectivity index (χ2n) is 3.13. The van der Waals surface area contributed by atoms with E-state index < -0.39 is 0 Å². The fourth-order valence-electron chi connectivity index (χ4n) is 1.56. The molecule has 2 nitrogen and oxygen atoms in total. The van der Waals surface area contributed by atoms with Gasteiger partial charge in [-0.1, -0.05) is 26.7 Å². The molecule has 0 spiro atoms. The van der Waals surface area contributed by atoms with Crippen molar-refractivity contribution in [3.8, 4) is 0 Å². The van der Waals surface area contributed by atoms with Crippen molar-refractivity contribution < 1.29 is 4.74 Å². The molecule has 0 aliphatic carbocycles. The van der Waals surface area contributed by atoms with Crippen molar-refractivity contribution in [3.05, 3.63) is 0 Å². The molecule has 0 aromatic heterocycles. The maximum absolute atomic E-state index is 5.41. The first-order valence-electron chi connectivity index (χ1n) is 5.05. The minimum Gasteiger partial charge on any atom is -0.380 e. The minimum absolute atomic E-state index is 0.528. The van der Waals surface area contributed by atoms with Crippen LogP contribution < -0.4 is 5.32 Å². The van der Waals surface area contributed by atoms with Crippen molar-refractivity contribution in [2.45, 2.75) is 39.7 Å². The predicted octanol–water partition coefficient (Wildman–Crippen LogP) is 2.05. The molecule has 1 unspecified atom stereocenters. The largest absolute Gasteiger partial charge is 0.380 e. The lowest BCUT2D eigenvalue weighted by Crippen LogP contribution is -2.37. The number of ether oxygens (including phenoxy) is 1. The van der Waals surface area contributed by atoms with Crippen molar-refractivity contribution in [1.29, 1.82) is 0 Å². The van der Waals surface area contributed by atoms with Gasteiger partial charge < -0.3 is 10.1 Å². The normalized spacial score (nSPS) is 13.8. The summed E-state index contributed by atoms with van der Waals surface area (Å²) < 4.78 is 5.41. The third kappa shape index (κ3) is 4.07. The van der Waals surface area contributed by atoms with Gasteiger partial charge in [-0.25, -0.2) is 0 Å². The van der Waals surface area contributed by atoms with E-state index in [2.05, 4.69) is 19.2 Å². The molecule has 0 saturated heterocycles. The molecule has 0 aliphatic heterocycles. The maximum Gasteiger partial charge on any atom is 0.0622 e. The Kier molecular flexibility index (Phi) is 7.51. The molecule has 0 radical (unpaired) electrons. The van der Waals surface area contributed by atoms with Crippen LogP contribution in [0.2, 0.25) is 0 Å². The molecular formula is C10H23NO. The molecule has 0 bridgehead atoms. The summed E-state index contributed by atoms with van der Waals surface area (Å²) in [5.74, 6) is 0.751. The van der Waals surface area contributed by atoms with Crippen LogP contribution in [0.25, 0.3) is 0 Å². The highest BCUT2D eigenvalue weighted by Gasteiger charge is 2.15. The van der Waals surface area contributed by atoms with Crippen molar-refractivity contribution in [1.82, 2.24) is 5.32 Å². The van der Waals surface area contributed by atoms with E-state index in [0.29, 0.717) is 6.04 Å². The average molecular weight is 173 g/mol. The quantitative estimate of drug-likeness (QED) is 0.636. The van der Waals surface area contributed by atoms with Gasteiger partial charge in [-0.15, -0.1) is 0 Å². The molecule has 0 saturated carbocycles. The monoisotopic (exact) mass is 173 g/mol. The molecule has 0 heterocycles. The van der Waals surface area contributed by atoms with Crippen LogP contribution in [-0.2, 0) is 4.74 Å². The summed E-state index contributed by atoms with van der Waals surface area (Å²) in [6, 6.07) is 0.528. The van der Waals surface area contributed by atoms with Crippen molar-refractivity contribution >= 4 is 0 Å². The van der Waals surface area contributed by atoms with Crippen LogP contribution in [0.4, 0.5) is 0 Å². The number of hydrogen-bond acceptors (Lipinski definition) is 2. The summed E-state index contributed by atoms with van der Waals surface area (Å²) >= 11 is 0. The fraction of sp³-hybridized carbons (Fsp3) is 1.00. The molecule has 0 aromatic rings. The lowest BCUT2D eigenvalue weighted by Gasteiger charge is -2.24. The molecule has 0 aliphatic rings. The highest BCUT2D eigenvalue weighted by Crippen LogP contribution is 2.12. The Hall–Kier alpha value is -0.0800. The van der Waals surface area contributed by atoms with Gasteiger partial charge in [-0.05, 0) is 19.9 Å². The molecule has 0 rings (SSSR count). The zero-order valence-corrected chi connectivity index (χ0v) is 8.89. The van der Waals surface area contributed by atoms with E-state index in [4.69, 9.17) is 4.74 Å². The highest BCUT2D eigenvalue weighted by molar-refractivity contribution is 4.72. The standard InChI is InChI=1S/C10H23NO/c1-5-9(6-2)10(11-4)8-12-7-3/h9-11H,5-8H2,1-4H3. The Labute approximate surface area is 76.7 Å². The SMILES string of the molecule is CCOCC(NC)C(CC)CC. The van der Waals surface area contributed by atoms with Crippen LogP contribution in [0.3, 0.4) is 0 Å². The molecule has 1 atom stereocenters. The molecule has 0 fully saturated rings. The van der Waals surface area contributed by atoms with Crippen LogP contribution in [0.15, 0.2) is 0 Å². The van der Waals surface area contributed by atoms with Gasteiger partial charge in [0.05, 0.1) is 6.61 Å². The lowest BCUT2D eigenvalue weighted by molar-refractivity contribution is 0.103. The van der Waals surface area contributed by atoms with E-state index in [9.17, 15) is 0 Å². The fourth-order valence-corrected chi connectivity index (χ4v) is 1.56. The van der Waals surface area contributed by atoms with Crippen LogP contribution >= 0.6 is 0 Å². The molecule has 2 heteroatoms. The van der Waals surface area contributed by atoms with Crippen LogP contribution in [-0.4, -0.2) is 26.3 Å². The van der Waals surface area contributed by atoms with E-state index in [0.717, 1.165) is 19.1 Å². The minimum atomic E-state index is 0.528. The summed E-state index contributed by atoms with van der Waals surface area (Å²) in [6.07, 6.45) is 2.46. The Morgan fingerprint density at radius 3 is 2.08 bits per heavy atom. The molecule has 74 valence electrons. The van der Waals surface area contributed by atoms with Gasteiger partial charge in [0.15, 0.2) is 0 Å². The topological polar surface area (TPSA) is 21.3 Å². The van der Waals surface area contributed by atoms with Crippen molar-refractivity contribution in [3.63, 3.8) is 0 Å². The van der Waals surface area contributed by atoms with Crippen molar-refractivity contribution in [2.24, 2.45) is 5.92 Å². The predicted molar refractivity (Wildman–Crippen MR) is 53.4 cm³/mol. The van der Waals surface area contributed by atoms with Gasteiger partial charge in [-0.3, -0.25) is 0 Å². The lowest BCUT2D eigenvalue weighted by atomic mass is 9.95. The first-order chi connectivity index (χ1) is 5.79. The number of likely N-dealkylation sites (N-methyl/N-ethyl adjacent to an activating group) is 1. The number of nitrogens with one attached hydrogen (secondary N) is 1. The Morgan fingerprint density at radius 2 is 1.75 bits per heavy atom. The second kappa shape index (κ2) is 7.56. The molecule has 12 heavy (non-hydrogen) atoms. The van der Waals surface area contributed by atoms with Gasteiger partial charge in [0.2, 0.25) is 0 Å². The molecule has 0 amide bonds. The third-order valence-electron chi connectivity index (χ3n) is 2.49. The number of rotatable bonds is 7. The summed E-state index contributed by atoms with van der Waals surface area (Å²) in [5, 5.41) is 3.31. The summed E-state index contributed by atoms with van der Waals surface area (Å²) in [4.78, 5) is 0. The van der Waals surface area contributed by atoms with E-state index in [1.807, 2.05) is 14.0 Å². The van der Waals surface area contributed by atoms with Crippen LogP contribution in [0.1, 0.15) is 33.6 Å². The van der Waals surface area contributed by atoms with E-state index >= 15 is 0 Å². The number of hydrogen-bond donors (Lipinski definition) is 1. The smallest absolute Gasteiger partial charge is 0.0622 e. The molecule has 1 N–H and O–H groups in total. The highest BCUT2D eigenvalue weighted by atomic mass is 16.5. The summed E-state index contributed by atoms with van der Waals surface area (Å²) in [7, 11) is 2.02. The summed E-state index contributed by atoms with van der Waals surface area (Å²) in [5.41, 5.74) is 0. The molecule has 0 aromatic carbocycles. The second-order valence-corrected chi connectivity index (χ2v) is 3.13. The first-order valence-corrected chi connectivity index (χ1v) is 5.05. The average Bonchev–Trinajstić information content (AvgIpc) is 2.12. The van der Waals surface area contributed by atoms with Gasteiger partial charge in [-0.2, -0.15) is 0 Å². The van der Waals surface area contributed by atoms with Gasteiger partial charge in [0.25, 0.3) is 0 Å². The van der Waals surface area contributed by atoms with Crippen LogP contribution in [0.5, 0.6) is 0 Å². The van der Waals surface area contributed by atoms with E-state index in [-0.39, 0.29) is 0 Å². The van der Waals surface area contributed by atoms with Crippen molar-refractivity contribution in [2.75, 3.05) is 20.3 Å². The van der Waals surface area contributed by atoms with Gasteiger partial charge >= 0.3 is 0 Å². The Balaban J connectivity index is 3.75. The maximum atomic E-state index is 5.41. The van der Waals surface area contributed by atoms with Gasteiger partial charge in [0.1, 0.15) is 0 Å². The van der Waals surface area contributed by atoms with E-state index in [1.54, 1.807) is 0 Å². The zero-order chi connectivity index (χ0) is 9.40. The first kappa shape index (κ1) is 11.9. The van der Waals surface area contributed by atoms with E-state index in [1.165, 1.54) is 12.8 Å². The third-order valence-corrected chi connectivity index (χ3v) is 2.49. The Bertz CT molecular complexity index is 91.8. The Morgan fingerprint density at radius 1 is 1.17 bits per heavy atom.